The smallest absolute Gasteiger partial charge is 0.307 e. The first-order chi connectivity index (χ1) is 16.4. The second-order valence-electron chi connectivity index (χ2n) is 9.29. The lowest BCUT2D eigenvalue weighted by Gasteiger charge is -2.15. The SMILES string of the molecule is CCCCCCCCCCCCCCCC(=O)OCn1cnc2c(N(C)O)nc(N(C)C)nc21. The van der Waals surface area contributed by atoms with E-state index in [9.17, 15) is 10.0 Å². The number of hydrogen-bond acceptors (Lipinski definition) is 8. The van der Waals surface area contributed by atoms with Crippen LogP contribution in [0.1, 0.15) is 96.8 Å². The van der Waals surface area contributed by atoms with E-state index in [1.165, 1.54) is 77.7 Å². The Morgan fingerprint density at radius 3 is 2.00 bits per heavy atom. The van der Waals surface area contributed by atoms with Gasteiger partial charge in [-0.1, -0.05) is 84.0 Å². The van der Waals surface area contributed by atoms with Crippen LogP contribution in [0.3, 0.4) is 0 Å². The molecule has 0 spiro atoms. The number of carbonyl (C=O) groups is 1. The fourth-order valence-corrected chi connectivity index (χ4v) is 3.94. The maximum absolute atomic E-state index is 12.2. The van der Waals surface area contributed by atoms with Gasteiger partial charge in [0.05, 0.1) is 6.33 Å². The molecule has 0 radical (unpaired) electrons. The minimum atomic E-state index is -0.216. The molecule has 0 saturated carbocycles. The minimum absolute atomic E-state index is 0.0340. The highest BCUT2D eigenvalue weighted by Gasteiger charge is 2.17. The summed E-state index contributed by atoms with van der Waals surface area (Å²) in [5.41, 5.74) is 0.950. The lowest BCUT2D eigenvalue weighted by molar-refractivity contribution is -0.147. The van der Waals surface area contributed by atoms with Crippen LogP contribution in [0.5, 0.6) is 0 Å². The van der Waals surface area contributed by atoms with Crippen molar-refractivity contribution in [1.82, 2.24) is 19.5 Å². The Bertz CT molecular complexity index is 853. The van der Waals surface area contributed by atoms with Crippen molar-refractivity contribution in [2.24, 2.45) is 0 Å². The van der Waals surface area contributed by atoms with Crippen molar-refractivity contribution in [2.75, 3.05) is 31.1 Å². The number of ether oxygens (including phenoxy) is 1. The Kier molecular flexibility index (Phi) is 12.7. The number of hydrogen-bond donors (Lipinski definition) is 1. The fourth-order valence-electron chi connectivity index (χ4n) is 3.94. The average molecular weight is 477 g/mol. The monoisotopic (exact) mass is 476 g/mol. The normalized spacial score (nSPS) is 11.2. The molecule has 2 aromatic heterocycles. The molecular formula is C25H44N6O3. The highest BCUT2D eigenvalue weighted by Crippen LogP contribution is 2.23. The molecule has 0 fully saturated rings. The zero-order valence-corrected chi connectivity index (χ0v) is 21.6. The van der Waals surface area contributed by atoms with E-state index < -0.39 is 0 Å². The fraction of sp³-hybridized carbons (Fsp3) is 0.760. The number of carbonyl (C=O) groups excluding carboxylic acids is 1. The maximum atomic E-state index is 12.2. The predicted molar refractivity (Wildman–Crippen MR) is 136 cm³/mol. The number of fused-ring (bicyclic) bond motifs is 1. The van der Waals surface area contributed by atoms with Gasteiger partial charge in [-0.05, 0) is 6.42 Å². The third-order valence-corrected chi connectivity index (χ3v) is 5.99. The van der Waals surface area contributed by atoms with Crippen LogP contribution in [0.4, 0.5) is 11.8 Å². The van der Waals surface area contributed by atoms with Crippen LogP contribution >= 0.6 is 0 Å². The van der Waals surface area contributed by atoms with Crippen molar-refractivity contribution >= 4 is 28.9 Å². The number of anilines is 2. The molecule has 0 aliphatic rings. The molecule has 0 unspecified atom stereocenters. The van der Waals surface area contributed by atoms with E-state index in [1.807, 2.05) is 14.1 Å². The Labute approximate surface area is 204 Å². The zero-order chi connectivity index (χ0) is 24.8. The quantitative estimate of drug-likeness (QED) is 0.166. The van der Waals surface area contributed by atoms with Crippen LogP contribution in [0.15, 0.2) is 6.33 Å². The van der Waals surface area contributed by atoms with Gasteiger partial charge in [0.1, 0.15) is 0 Å². The molecule has 0 bridgehead atoms. The highest BCUT2D eigenvalue weighted by molar-refractivity contribution is 5.84. The zero-order valence-electron chi connectivity index (χ0n) is 21.6. The number of unbranched alkanes of at least 4 members (excludes halogenated alkanes) is 12. The van der Waals surface area contributed by atoms with Crippen LogP contribution in [0.2, 0.25) is 0 Å². The summed E-state index contributed by atoms with van der Waals surface area (Å²) >= 11 is 0. The van der Waals surface area contributed by atoms with E-state index in [1.54, 1.807) is 15.8 Å². The topological polar surface area (TPSA) is 96.6 Å². The summed E-state index contributed by atoms with van der Waals surface area (Å²) in [6.07, 6.45) is 18.6. The van der Waals surface area contributed by atoms with Gasteiger partial charge in [-0.25, -0.2) is 10.0 Å². The van der Waals surface area contributed by atoms with E-state index in [-0.39, 0.29) is 12.7 Å². The molecule has 2 aromatic rings. The second-order valence-corrected chi connectivity index (χ2v) is 9.29. The largest absolute Gasteiger partial charge is 0.444 e. The molecule has 192 valence electrons. The molecule has 2 rings (SSSR count). The molecule has 0 aliphatic heterocycles. The molecule has 9 heteroatoms. The van der Waals surface area contributed by atoms with Gasteiger partial charge in [0.2, 0.25) is 5.95 Å². The number of esters is 1. The van der Waals surface area contributed by atoms with Gasteiger partial charge in [-0.15, -0.1) is 0 Å². The van der Waals surface area contributed by atoms with Crippen molar-refractivity contribution in [3.63, 3.8) is 0 Å². The first-order valence-electron chi connectivity index (χ1n) is 12.9. The van der Waals surface area contributed by atoms with Gasteiger partial charge in [-0.3, -0.25) is 14.6 Å². The number of imidazole rings is 1. The van der Waals surface area contributed by atoms with E-state index in [2.05, 4.69) is 21.9 Å². The molecule has 0 aliphatic carbocycles. The molecule has 0 atom stereocenters. The van der Waals surface area contributed by atoms with Crippen molar-refractivity contribution < 1.29 is 14.7 Å². The van der Waals surface area contributed by atoms with Gasteiger partial charge in [-0.2, -0.15) is 9.97 Å². The minimum Gasteiger partial charge on any atom is -0.444 e. The third-order valence-electron chi connectivity index (χ3n) is 5.99. The summed E-state index contributed by atoms with van der Waals surface area (Å²) in [7, 11) is 5.12. The number of aromatic nitrogens is 4. The molecular weight excluding hydrogens is 432 g/mol. The van der Waals surface area contributed by atoms with Gasteiger partial charge in [0.25, 0.3) is 0 Å². The van der Waals surface area contributed by atoms with Crippen molar-refractivity contribution in [1.29, 1.82) is 0 Å². The number of rotatable bonds is 18. The standard InChI is InChI=1S/C25H44N6O3/c1-5-6-7-8-9-10-11-12-13-14-15-16-17-18-21(32)34-20-31-19-26-22-23(30(4)33)27-25(29(2)3)28-24(22)31/h19,33H,5-18,20H2,1-4H3. The highest BCUT2D eigenvalue weighted by atomic mass is 16.5. The van der Waals surface area contributed by atoms with E-state index in [0.717, 1.165) is 17.9 Å². The van der Waals surface area contributed by atoms with E-state index in [4.69, 9.17) is 4.74 Å². The second kappa shape index (κ2) is 15.5. The van der Waals surface area contributed by atoms with Gasteiger partial charge in [0.15, 0.2) is 23.7 Å². The lowest BCUT2D eigenvalue weighted by Crippen LogP contribution is -2.18. The predicted octanol–water partition coefficient (Wildman–Crippen LogP) is 5.70. The van der Waals surface area contributed by atoms with Crippen molar-refractivity contribution in [2.45, 2.75) is 104 Å². The maximum Gasteiger partial charge on any atom is 0.307 e. The average Bonchev–Trinajstić information content (AvgIpc) is 3.22. The van der Waals surface area contributed by atoms with Crippen LogP contribution in [0.25, 0.3) is 11.2 Å². The summed E-state index contributed by atoms with van der Waals surface area (Å²) in [4.78, 5) is 27.0. The summed E-state index contributed by atoms with van der Waals surface area (Å²) in [6.45, 7) is 2.29. The molecule has 1 N–H and O–H groups in total. The molecule has 9 nitrogen and oxygen atoms in total. The van der Waals surface area contributed by atoms with Crippen LogP contribution in [0, 0.1) is 0 Å². The van der Waals surface area contributed by atoms with Crippen molar-refractivity contribution in [3.05, 3.63) is 6.33 Å². The first kappa shape index (κ1) is 27.8. The first-order valence-corrected chi connectivity index (χ1v) is 12.9. The van der Waals surface area contributed by atoms with Crippen LogP contribution < -0.4 is 9.96 Å². The molecule has 0 amide bonds. The Hall–Kier alpha value is -2.42. The van der Waals surface area contributed by atoms with E-state index in [0.29, 0.717) is 29.4 Å². The van der Waals surface area contributed by atoms with Gasteiger partial charge < -0.3 is 9.64 Å². The summed E-state index contributed by atoms with van der Waals surface area (Å²) in [5, 5.41) is 10.8. The van der Waals surface area contributed by atoms with Crippen LogP contribution in [-0.2, 0) is 16.3 Å². The molecule has 0 saturated heterocycles. The van der Waals surface area contributed by atoms with Crippen LogP contribution in [-0.4, -0.2) is 51.8 Å². The third kappa shape index (κ3) is 9.44. The molecule has 2 heterocycles. The molecule has 34 heavy (non-hydrogen) atoms. The molecule has 0 aromatic carbocycles. The summed E-state index contributed by atoms with van der Waals surface area (Å²) < 4.78 is 7.09. The Morgan fingerprint density at radius 1 is 0.912 bits per heavy atom. The van der Waals surface area contributed by atoms with Crippen molar-refractivity contribution in [3.8, 4) is 0 Å². The number of hydroxylamine groups is 1. The van der Waals surface area contributed by atoms with E-state index >= 15 is 0 Å². The van der Waals surface area contributed by atoms with Gasteiger partial charge >= 0.3 is 5.97 Å². The Balaban J connectivity index is 1.62. The summed E-state index contributed by atoms with van der Waals surface area (Å²) in [6, 6.07) is 0. The summed E-state index contributed by atoms with van der Waals surface area (Å²) in [5.74, 6) is 0.514. The number of nitrogens with zero attached hydrogens (tertiary/aromatic N) is 6. The van der Waals surface area contributed by atoms with Gasteiger partial charge in [0, 0.05) is 27.6 Å². The lowest BCUT2D eigenvalue weighted by atomic mass is 10.0. The Morgan fingerprint density at radius 2 is 1.47 bits per heavy atom.